The van der Waals surface area contributed by atoms with Crippen molar-refractivity contribution >= 4 is 17.9 Å². The summed E-state index contributed by atoms with van der Waals surface area (Å²) in [4.78, 5) is 36.8. The van der Waals surface area contributed by atoms with E-state index in [1.807, 2.05) is 6.92 Å². The van der Waals surface area contributed by atoms with Crippen LogP contribution in [0.3, 0.4) is 0 Å². The van der Waals surface area contributed by atoms with Gasteiger partial charge in [0.2, 0.25) is 0 Å². The number of rotatable bonds is 2. The molecule has 2 aliphatic carbocycles. The van der Waals surface area contributed by atoms with Gasteiger partial charge in [-0.2, -0.15) is 0 Å². The molecule has 2 heterocycles. The molecule has 0 aromatic heterocycles. The standard InChI is InChI=1S/C24H32O9/c1-11-7-8-16(30-13(3)25)22(5)17(31-14(4)26)10-15(27)12(2)19(22)20(28)24-18(9-11)32-21(29)23(24,6)33-24/h9,15-20,27-28H,2,7-8,10H2,1,3-6H3/b11-9-/t15-,16-,17-,18-,19+,20-,22-,23?,24-/m1/s1. The van der Waals surface area contributed by atoms with E-state index >= 15 is 0 Å². The highest BCUT2D eigenvalue weighted by Gasteiger charge is 2.86. The van der Waals surface area contributed by atoms with Crippen LogP contribution in [0.5, 0.6) is 0 Å². The minimum Gasteiger partial charge on any atom is -0.462 e. The van der Waals surface area contributed by atoms with E-state index in [4.69, 9.17) is 18.9 Å². The van der Waals surface area contributed by atoms with Crippen LogP contribution in [0.2, 0.25) is 0 Å². The molecule has 1 unspecified atom stereocenters. The van der Waals surface area contributed by atoms with E-state index in [9.17, 15) is 24.6 Å². The summed E-state index contributed by atoms with van der Waals surface area (Å²) in [5, 5.41) is 22.7. The molecule has 182 valence electrons. The zero-order chi connectivity index (χ0) is 24.5. The predicted molar refractivity (Wildman–Crippen MR) is 114 cm³/mol. The molecule has 4 aliphatic rings. The molecule has 1 spiro atoms. The Morgan fingerprint density at radius 1 is 1.15 bits per heavy atom. The Morgan fingerprint density at radius 3 is 2.33 bits per heavy atom. The second-order valence-electron chi connectivity index (χ2n) is 10.1. The Balaban J connectivity index is 1.92. The molecule has 9 heteroatoms. The first-order valence-electron chi connectivity index (χ1n) is 11.3. The molecule has 0 radical (unpaired) electrons. The smallest absolute Gasteiger partial charge is 0.342 e. The Kier molecular flexibility index (Phi) is 5.54. The first kappa shape index (κ1) is 23.9. The number of epoxide rings is 1. The minimum atomic E-state index is -1.41. The van der Waals surface area contributed by atoms with Gasteiger partial charge in [0.15, 0.2) is 17.3 Å². The van der Waals surface area contributed by atoms with Crippen molar-refractivity contribution in [3.8, 4) is 0 Å². The van der Waals surface area contributed by atoms with Gasteiger partial charge in [-0.3, -0.25) is 9.59 Å². The fourth-order valence-corrected chi connectivity index (χ4v) is 6.21. The summed E-state index contributed by atoms with van der Waals surface area (Å²) in [5.41, 5.74) is -2.77. The van der Waals surface area contributed by atoms with Crippen molar-refractivity contribution in [1.29, 1.82) is 0 Å². The molecule has 9 atom stereocenters. The average Bonchev–Trinajstić information content (AvgIpc) is 3.30. The van der Waals surface area contributed by atoms with Gasteiger partial charge in [0.1, 0.15) is 12.2 Å². The number of fused-ring (bicyclic) bond motifs is 1. The van der Waals surface area contributed by atoms with Crippen LogP contribution in [-0.2, 0) is 33.3 Å². The summed E-state index contributed by atoms with van der Waals surface area (Å²) in [7, 11) is 0. The van der Waals surface area contributed by atoms with E-state index < -0.39 is 71.0 Å². The lowest BCUT2D eigenvalue weighted by molar-refractivity contribution is -0.200. The Hall–Kier alpha value is -2.23. The zero-order valence-corrected chi connectivity index (χ0v) is 19.6. The maximum absolute atomic E-state index is 12.7. The Morgan fingerprint density at radius 2 is 1.76 bits per heavy atom. The van der Waals surface area contributed by atoms with Crippen molar-refractivity contribution in [3.63, 3.8) is 0 Å². The maximum atomic E-state index is 12.7. The van der Waals surface area contributed by atoms with Crippen LogP contribution < -0.4 is 0 Å². The number of aliphatic hydroxyl groups is 2. The van der Waals surface area contributed by atoms with Gasteiger partial charge in [0, 0.05) is 26.2 Å². The second kappa shape index (κ2) is 7.65. The van der Waals surface area contributed by atoms with Gasteiger partial charge in [-0.15, -0.1) is 0 Å². The second-order valence-corrected chi connectivity index (χ2v) is 10.1. The van der Waals surface area contributed by atoms with Gasteiger partial charge in [-0.1, -0.05) is 19.1 Å². The number of hydrogen-bond acceptors (Lipinski definition) is 9. The third kappa shape index (κ3) is 3.27. The molecule has 3 fully saturated rings. The molecule has 1 saturated carbocycles. The van der Waals surface area contributed by atoms with E-state index in [0.29, 0.717) is 18.4 Å². The van der Waals surface area contributed by atoms with Crippen LogP contribution in [-0.4, -0.2) is 69.8 Å². The largest absolute Gasteiger partial charge is 0.462 e. The number of hydrogen-bond donors (Lipinski definition) is 2. The first-order valence-corrected chi connectivity index (χ1v) is 11.3. The molecule has 2 N–H and O–H groups in total. The summed E-state index contributed by atoms with van der Waals surface area (Å²) in [6, 6.07) is 0. The van der Waals surface area contributed by atoms with Crippen LogP contribution in [0.25, 0.3) is 0 Å². The van der Waals surface area contributed by atoms with Crippen LogP contribution in [0, 0.1) is 11.3 Å². The lowest BCUT2D eigenvalue weighted by atomic mass is 9.55. The SMILES string of the molecule is C=C1[C@H](O)C[C@@H](OC(C)=O)[C@@]2(C)[C@H](OC(C)=O)CC/C(C)=C\[C@H]3OC(=O)C4(C)O[C@@]34[C@H](O)[C@H]12. The Bertz CT molecular complexity index is 940. The molecule has 0 aromatic rings. The van der Waals surface area contributed by atoms with E-state index in [1.165, 1.54) is 13.8 Å². The molecule has 0 amide bonds. The molecule has 2 saturated heterocycles. The third-order valence-electron chi connectivity index (χ3n) is 8.05. The molecule has 0 bridgehead atoms. The van der Waals surface area contributed by atoms with E-state index in [1.54, 1.807) is 19.9 Å². The molecule has 2 aliphatic heterocycles. The maximum Gasteiger partial charge on any atom is 0.342 e. The van der Waals surface area contributed by atoms with Crippen LogP contribution >= 0.6 is 0 Å². The predicted octanol–water partition coefficient (Wildman–Crippen LogP) is 1.35. The van der Waals surface area contributed by atoms with Crippen molar-refractivity contribution in [2.24, 2.45) is 11.3 Å². The van der Waals surface area contributed by atoms with Crippen LogP contribution in [0.4, 0.5) is 0 Å². The molecular formula is C24H32O9. The monoisotopic (exact) mass is 464 g/mol. The highest BCUT2D eigenvalue weighted by Crippen LogP contribution is 2.64. The number of allylic oxidation sites excluding steroid dienone is 1. The number of aliphatic hydroxyl groups excluding tert-OH is 2. The van der Waals surface area contributed by atoms with Gasteiger partial charge in [-0.25, -0.2) is 4.79 Å². The summed E-state index contributed by atoms with van der Waals surface area (Å²) in [5.74, 6) is -2.59. The molecule has 33 heavy (non-hydrogen) atoms. The molecule has 0 aromatic carbocycles. The topological polar surface area (TPSA) is 132 Å². The summed E-state index contributed by atoms with van der Waals surface area (Å²) < 4.78 is 22.9. The lowest BCUT2D eigenvalue weighted by Crippen LogP contribution is -2.63. The van der Waals surface area contributed by atoms with Gasteiger partial charge in [-0.05, 0) is 38.3 Å². The highest BCUT2D eigenvalue weighted by atomic mass is 16.7. The van der Waals surface area contributed by atoms with Crippen molar-refractivity contribution < 1.29 is 43.5 Å². The number of carbonyl (C=O) groups is 3. The van der Waals surface area contributed by atoms with Gasteiger partial charge < -0.3 is 29.2 Å². The molecule has 4 rings (SSSR count). The van der Waals surface area contributed by atoms with Gasteiger partial charge >= 0.3 is 17.9 Å². The van der Waals surface area contributed by atoms with Crippen LogP contribution in [0.1, 0.15) is 53.9 Å². The van der Waals surface area contributed by atoms with Crippen LogP contribution in [0.15, 0.2) is 23.8 Å². The number of carbonyl (C=O) groups excluding carboxylic acids is 3. The van der Waals surface area contributed by atoms with E-state index in [0.717, 1.165) is 5.57 Å². The minimum absolute atomic E-state index is 0.0364. The van der Waals surface area contributed by atoms with Crippen molar-refractivity contribution in [2.45, 2.75) is 95.6 Å². The normalized spacial score (nSPS) is 48.3. The first-order chi connectivity index (χ1) is 15.3. The summed E-state index contributed by atoms with van der Waals surface area (Å²) in [6.07, 6.45) is -2.29. The fourth-order valence-electron chi connectivity index (χ4n) is 6.21. The quantitative estimate of drug-likeness (QED) is 0.269. The Labute approximate surface area is 192 Å². The lowest BCUT2D eigenvalue weighted by Gasteiger charge is -2.54. The van der Waals surface area contributed by atoms with E-state index in [2.05, 4.69) is 6.58 Å². The summed E-state index contributed by atoms with van der Waals surface area (Å²) >= 11 is 0. The highest BCUT2D eigenvalue weighted by molar-refractivity contribution is 5.89. The van der Waals surface area contributed by atoms with E-state index in [-0.39, 0.29) is 6.42 Å². The summed E-state index contributed by atoms with van der Waals surface area (Å²) in [6.45, 7) is 11.8. The zero-order valence-electron chi connectivity index (χ0n) is 19.6. The average molecular weight is 465 g/mol. The van der Waals surface area contributed by atoms with Gasteiger partial charge in [0.25, 0.3) is 0 Å². The number of esters is 3. The fraction of sp³-hybridized carbons (Fsp3) is 0.708. The van der Waals surface area contributed by atoms with Gasteiger partial charge in [0.05, 0.1) is 17.6 Å². The number of ether oxygens (including phenoxy) is 4. The van der Waals surface area contributed by atoms with Crippen molar-refractivity contribution in [3.05, 3.63) is 23.8 Å². The molecule has 9 nitrogen and oxygen atoms in total. The third-order valence-corrected chi connectivity index (χ3v) is 8.05. The molecular weight excluding hydrogens is 432 g/mol. The van der Waals surface area contributed by atoms with Crippen molar-refractivity contribution in [1.82, 2.24) is 0 Å². The van der Waals surface area contributed by atoms with Crippen molar-refractivity contribution in [2.75, 3.05) is 0 Å².